The second kappa shape index (κ2) is 4.07. The van der Waals surface area contributed by atoms with Crippen molar-refractivity contribution < 1.29 is 9.94 Å². The second-order valence-corrected chi connectivity index (χ2v) is 3.75. The van der Waals surface area contributed by atoms with Gasteiger partial charge in [0.05, 0.1) is 5.02 Å². The van der Waals surface area contributed by atoms with E-state index in [-0.39, 0.29) is 5.75 Å². The second-order valence-electron chi connectivity index (χ2n) is 3.34. The van der Waals surface area contributed by atoms with E-state index in [1.807, 2.05) is 5.06 Å². The van der Waals surface area contributed by atoms with Crippen LogP contribution in [0.1, 0.15) is 12.8 Å². The smallest absolute Gasteiger partial charge is 0.149 e. The van der Waals surface area contributed by atoms with Gasteiger partial charge in [-0.05, 0) is 25.0 Å². The first-order valence-electron chi connectivity index (χ1n) is 4.67. The summed E-state index contributed by atoms with van der Waals surface area (Å²) in [6, 6.07) is 4.86. The van der Waals surface area contributed by atoms with Gasteiger partial charge in [-0.2, -0.15) is 0 Å². The number of halogens is 1. The summed E-state index contributed by atoms with van der Waals surface area (Å²) in [5, 5.41) is 11.4. The third kappa shape index (κ3) is 2.11. The van der Waals surface area contributed by atoms with E-state index in [1.165, 1.54) is 18.9 Å². The molecule has 0 unspecified atom stereocenters. The summed E-state index contributed by atoms with van der Waals surface area (Å²) >= 11 is 5.75. The normalized spacial score (nSPS) is 17.2. The summed E-state index contributed by atoms with van der Waals surface area (Å²) in [6.07, 6.45) is 2.34. The average Bonchev–Trinajstić information content (AvgIpc) is 2.64. The minimum Gasteiger partial charge on any atom is -0.506 e. The van der Waals surface area contributed by atoms with Gasteiger partial charge in [0, 0.05) is 19.2 Å². The highest BCUT2D eigenvalue weighted by atomic mass is 35.5. The molecule has 1 aromatic carbocycles. The Kier molecular flexibility index (Phi) is 2.79. The Bertz CT molecular complexity index is 324. The lowest BCUT2D eigenvalue weighted by atomic mass is 10.3. The lowest BCUT2D eigenvalue weighted by molar-refractivity contribution is -0.0346. The van der Waals surface area contributed by atoms with Crippen molar-refractivity contribution in [2.24, 2.45) is 0 Å². The van der Waals surface area contributed by atoms with Gasteiger partial charge in [0.15, 0.2) is 0 Å². The molecular weight excluding hydrogens is 202 g/mol. The van der Waals surface area contributed by atoms with Crippen molar-refractivity contribution >= 4 is 11.6 Å². The van der Waals surface area contributed by atoms with E-state index in [0.717, 1.165) is 13.1 Å². The van der Waals surface area contributed by atoms with E-state index in [4.69, 9.17) is 16.4 Å². The van der Waals surface area contributed by atoms with Crippen molar-refractivity contribution in [3.05, 3.63) is 23.2 Å². The van der Waals surface area contributed by atoms with Gasteiger partial charge in [-0.1, -0.05) is 11.6 Å². The first-order chi connectivity index (χ1) is 6.75. The van der Waals surface area contributed by atoms with Crippen LogP contribution in [-0.4, -0.2) is 23.3 Å². The Hall–Kier alpha value is -0.930. The molecule has 1 aliphatic heterocycles. The minimum absolute atomic E-state index is 0.0837. The molecule has 14 heavy (non-hydrogen) atoms. The number of hydrogen-bond acceptors (Lipinski definition) is 3. The quantitative estimate of drug-likeness (QED) is 0.819. The summed E-state index contributed by atoms with van der Waals surface area (Å²) in [4.78, 5) is 5.55. The van der Waals surface area contributed by atoms with E-state index in [9.17, 15) is 5.11 Å². The lowest BCUT2D eigenvalue weighted by Crippen LogP contribution is -2.23. The molecule has 3 nitrogen and oxygen atoms in total. The zero-order valence-corrected chi connectivity index (χ0v) is 8.50. The summed E-state index contributed by atoms with van der Waals surface area (Å²) < 4.78 is 0. The number of hydrogen-bond donors (Lipinski definition) is 1. The first-order valence-corrected chi connectivity index (χ1v) is 5.05. The Morgan fingerprint density at radius 3 is 2.64 bits per heavy atom. The number of benzene rings is 1. The summed E-state index contributed by atoms with van der Waals surface area (Å²) in [7, 11) is 0. The van der Waals surface area contributed by atoms with Crippen LogP contribution in [0.2, 0.25) is 5.02 Å². The van der Waals surface area contributed by atoms with Crippen molar-refractivity contribution in [2.75, 3.05) is 13.1 Å². The summed E-state index contributed by atoms with van der Waals surface area (Å²) in [6.45, 7) is 1.91. The van der Waals surface area contributed by atoms with E-state index in [0.29, 0.717) is 10.8 Å². The van der Waals surface area contributed by atoms with Crippen molar-refractivity contribution in [3.8, 4) is 11.5 Å². The monoisotopic (exact) mass is 213 g/mol. The molecule has 1 aromatic rings. The van der Waals surface area contributed by atoms with E-state index < -0.39 is 0 Å². The molecule has 76 valence electrons. The molecule has 2 rings (SSSR count). The molecule has 1 aliphatic rings. The highest BCUT2D eigenvalue weighted by molar-refractivity contribution is 6.32. The zero-order valence-electron chi connectivity index (χ0n) is 7.74. The molecule has 0 radical (unpaired) electrons. The maximum absolute atomic E-state index is 9.20. The molecule has 1 heterocycles. The highest BCUT2D eigenvalue weighted by Crippen LogP contribution is 2.28. The molecule has 0 spiro atoms. The van der Waals surface area contributed by atoms with Gasteiger partial charge in [-0.25, -0.2) is 0 Å². The van der Waals surface area contributed by atoms with Gasteiger partial charge in [0.1, 0.15) is 11.5 Å². The van der Waals surface area contributed by atoms with Crippen LogP contribution in [0.25, 0.3) is 0 Å². The Balaban J connectivity index is 2.05. The van der Waals surface area contributed by atoms with Crippen LogP contribution in [0.5, 0.6) is 11.5 Å². The molecule has 0 aromatic heterocycles. The van der Waals surface area contributed by atoms with Crippen LogP contribution in [0.4, 0.5) is 0 Å². The van der Waals surface area contributed by atoms with Crippen molar-refractivity contribution in [1.82, 2.24) is 5.06 Å². The lowest BCUT2D eigenvalue weighted by Gasteiger charge is -2.15. The van der Waals surface area contributed by atoms with Crippen molar-refractivity contribution in [2.45, 2.75) is 12.8 Å². The van der Waals surface area contributed by atoms with Crippen LogP contribution >= 0.6 is 11.6 Å². The van der Waals surface area contributed by atoms with Gasteiger partial charge in [0.25, 0.3) is 0 Å². The van der Waals surface area contributed by atoms with E-state index in [1.54, 1.807) is 12.1 Å². The standard InChI is InChI=1S/C10H12ClNO2/c11-9-7-8(3-4-10(9)13)14-12-5-1-2-6-12/h3-4,7,13H,1-2,5-6H2. The summed E-state index contributed by atoms with van der Waals surface area (Å²) in [5.41, 5.74) is 0. The maximum atomic E-state index is 9.20. The van der Waals surface area contributed by atoms with Crippen molar-refractivity contribution in [3.63, 3.8) is 0 Å². The Morgan fingerprint density at radius 1 is 1.29 bits per heavy atom. The maximum Gasteiger partial charge on any atom is 0.149 e. The first kappa shape index (κ1) is 9.62. The summed E-state index contributed by atoms with van der Waals surface area (Å²) in [5.74, 6) is 0.759. The predicted octanol–water partition coefficient (Wildman–Crippen LogP) is 2.44. The number of nitrogens with zero attached hydrogens (tertiary/aromatic N) is 1. The van der Waals surface area contributed by atoms with Crippen LogP contribution in [0, 0.1) is 0 Å². The molecule has 0 atom stereocenters. The minimum atomic E-state index is 0.0837. The third-order valence-corrected chi connectivity index (χ3v) is 2.52. The highest BCUT2D eigenvalue weighted by Gasteiger charge is 2.13. The zero-order chi connectivity index (χ0) is 9.97. The van der Waals surface area contributed by atoms with Gasteiger partial charge in [0.2, 0.25) is 0 Å². The van der Waals surface area contributed by atoms with Crippen LogP contribution in [0.3, 0.4) is 0 Å². The molecule has 0 amide bonds. The fraction of sp³-hybridized carbons (Fsp3) is 0.400. The largest absolute Gasteiger partial charge is 0.506 e. The number of hydroxylamine groups is 2. The van der Waals surface area contributed by atoms with E-state index >= 15 is 0 Å². The number of phenolic OH excluding ortho intramolecular Hbond substituents is 1. The molecule has 4 heteroatoms. The number of phenols is 1. The van der Waals surface area contributed by atoms with Gasteiger partial charge >= 0.3 is 0 Å². The Labute approximate surface area is 87.8 Å². The third-order valence-electron chi connectivity index (χ3n) is 2.22. The molecule has 1 fully saturated rings. The fourth-order valence-electron chi connectivity index (χ4n) is 1.47. The molecule has 0 aliphatic carbocycles. The molecule has 1 N–H and O–H groups in total. The van der Waals surface area contributed by atoms with Crippen LogP contribution in [-0.2, 0) is 0 Å². The number of rotatable bonds is 2. The molecular formula is C10H12ClNO2. The topological polar surface area (TPSA) is 32.7 Å². The van der Waals surface area contributed by atoms with Crippen molar-refractivity contribution in [1.29, 1.82) is 0 Å². The molecule has 0 saturated carbocycles. The van der Waals surface area contributed by atoms with Gasteiger partial charge in [-0.15, -0.1) is 5.06 Å². The van der Waals surface area contributed by atoms with Gasteiger partial charge < -0.3 is 9.94 Å². The van der Waals surface area contributed by atoms with Crippen LogP contribution in [0.15, 0.2) is 18.2 Å². The predicted molar refractivity (Wildman–Crippen MR) is 54.6 cm³/mol. The average molecular weight is 214 g/mol. The van der Waals surface area contributed by atoms with E-state index in [2.05, 4.69) is 0 Å². The Morgan fingerprint density at radius 2 is 2.00 bits per heavy atom. The molecule has 0 bridgehead atoms. The van der Waals surface area contributed by atoms with Crippen LogP contribution < -0.4 is 4.84 Å². The van der Waals surface area contributed by atoms with Gasteiger partial charge in [-0.3, -0.25) is 0 Å². The molecule has 1 saturated heterocycles. The fourth-order valence-corrected chi connectivity index (χ4v) is 1.64. The SMILES string of the molecule is Oc1ccc(ON2CCCC2)cc1Cl. The number of aromatic hydroxyl groups is 1.